The van der Waals surface area contributed by atoms with Crippen molar-refractivity contribution in [2.24, 2.45) is 0 Å². The molecule has 3 heteroatoms. The third kappa shape index (κ3) is 1.94. The zero-order valence-electron chi connectivity index (χ0n) is 6.30. The Balaban J connectivity index is 2.13. The van der Waals surface area contributed by atoms with E-state index < -0.39 is 0 Å². The van der Waals surface area contributed by atoms with Gasteiger partial charge in [-0.1, -0.05) is 0 Å². The molecule has 0 heterocycles. The highest BCUT2D eigenvalue weighted by molar-refractivity contribution is 5.01. The Bertz CT molecular complexity index is 110. The molecule has 0 aliphatic heterocycles. The van der Waals surface area contributed by atoms with Crippen molar-refractivity contribution in [1.29, 1.82) is 0 Å². The summed E-state index contributed by atoms with van der Waals surface area (Å²) >= 11 is 0. The first kappa shape index (κ1) is 7.98. The molecule has 3 nitrogen and oxygen atoms in total. The van der Waals surface area contributed by atoms with Crippen LogP contribution >= 0.6 is 0 Å². The Labute approximate surface area is 61.1 Å². The first-order chi connectivity index (χ1) is 4.68. The molecule has 60 valence electrons. The molecule has 1 atom stereocenters. The SMILES string of the molecule is CC(O)CNC1(CO)CC1. The van der Waals surface area contributed by atoms with Gasteiger partial charge in [-0.25, -0.2) is 0 Å². The van der Waals surface area contributed by atoms with Crippen LogP contribution in [-0.2, 0) is 0 Å². The standard InChI is InChI=1S/C7H15NO2/c1-6(10)4-8-7(5-9)2-3-7/h6,8-10H,2-5H2,1H3. The lowest BCUT2D eigenvalue weighted by atomic mass is 10.3. The van der Waals surface area contributed by atoms with Gasteiger partial charge in [0.2, 0.25) is 0 Å². The van der Waals surface area contributed by atoms with E-state index in [0.717, 1.165) is 12.8 Å². The fourth-order valence-corrected chi connectivity index (χ4v) is 0.906. The van der Waals surface area contributed by atoms with Gasteiger partial charge in [0.05, 0.1) is 12.7 Å². The number of aliphatic hydroxyl groups is 2. The molecule has 1 aliphatic rings. The first-order valence-electron chi connectivity index (χ1n) is 3.72. The second-order valence-electron chi connectivity index (χ2n) is 3.17. The van der Waals surface area contributed by atoms with Gasteiger partial charge in [0.1, 0.15) is 0 Å². The van der Waals surface area contributed by atoms with Crippen LogP contribution in [0.25, 0.3) is 0 Å². The van der Waals surface area contributed by atoms with E-state index >= 15 is 0 Å². The number of nitrogens with one attached hydrogen (secondary N) is 1. The molecule has 0 aromatic heterocycles. The largest absolute Gasteiger partial charge is 0.394 e. The van der Waals surface area contributed by atoms with Crippen LogP contribution in [0.3, 0.4) is 0 Å². The zero-order valence-corrected chi connectivity index (χ0v) is 6.30. The molecule has 1 saturated carbocycles. The van der Waals surface area contributed by atoms with Gasteiger partial charge in [-0.2, -0.15) is 0 Å². The molecule has 0 amide bonds. The van der Waals surface area contributed by atoms with Crippen LogP contribution in [0.2, 0.25) is 0 Å². The lowest BCUT2D eigenvalue weighted by Crippen LogP contribution is -2.39. The molecule has 0 bridgehead atoms. The highest BCUT2D eigenvalue weighted by atomic mass is 16.3. The predicted molar refractivity (Wildman–Crippen MR) is 38.7 cm³/mol. The van der Waals surface area contributed by atoms with Gasteiger partial charge >= 0.3 is 0 Å². The van der Waals surface area contributed by atoms with Crippen molar-refractivity contribution in [2.45, 2.75) is 31.4 Å². The van der Waals surface area contributed by atoms with Gasteiger partial charge in [0.25, 0.3) is 0 Å². The lowest BCUT2D eigenvalue weighted by molar-refractivity contribution is 0.167. The van der Waals surface area contributed by atoms with E-state index in [1.807, 2.05) is 0 Å². The third-order valence-corrected chi connectivity index (χ3v) is 1.93. The molecule has 1 aliphatic carbocycles. The van der Waals surface area contributed by atoms with Gasteiger partial charge in [0, 0.05) is 12.1 Å². The van der Waals surface area contributed by atoms with E-state index in [2.05, 4.69) is 5.32 Å². The van der Waals surface area contributed by atoms with Crippen LogP contribution in [0.5, 0.6) is 0 Å². The van der Waals surface area contributed by atoms with E-state index in [9.17, 15) is 0 Å². The minimum atomic E-state index is -0.316. The summed E-state index contributed by atoms with van der Waals surface area (Å²) in [7, 11) is 0. The maximum atomic E-state index is 8.89. The summed E-state index contributed by atoms with van der Waals surface area (Å²) in [6.45, 7) is 2.51. The minimum absolute atomic E-state index is 0.0308. The number of aliphatic hydroxyl groups excluding tert-OH is 2. The highest BCUT2D eigenvalue weighted by Gasteiger charge is 2.41. The quantitative estimate of drug-likeness (QED) is 0.499. The van der Waals surface area contributed by atoms with Crippen molar-refractivity contribution in [3.05, 3.63) is 0 Å². The Morgan fingerprint density at radius 3 is 2.50 bits per heavy atom. The first-order valence-corrected chi connectivity index (χ1v) is 3.72. The Kier molecular flexibility index (Phi) is 2.28. The van der Waals surface area contributed by atoms with E-state index in [1.165, 1.54) is 0 Å². The molecule has 0 radical (unpaired) electrons. The van der Waals surface area contributed by atoms with Crippen molar-refractivity contribution in [3.8, 4) is 0 Å². The van der Waals surface area contributed by atoms with Crippen LogP contribution in [0, 0.1) is 0 Å². The number of hydrogen-bond donors (Lipinski definition) is 3. The predicted octanol–water partition coefficient (Wildman–Crippen LogP) is -0.518. The van der Waals surface area contributed by atoms with Crippen molar-refractivity contribution < 1.29 is 10.2 Å². The number of hydrogen-bond acceptors (Lipinski definition) is 3. The van der Waals surface area contributed by atoms with Crippen molar-refractivity contribution in [1.82, 2.24) is 5.32 Å². The third-order valence-electron chi connectivity index (χ3n) is 1.93. The van der Waals surface area contributed by atoms with E-state index in [-0.39, 0.29) is 18.2 Å². The van der Waals surface area contributed by atoms with E-state index in [4.69, 9.17) is 10.2 Å². The fraction of sp³-hybridized carbons (Fsp3) is 1.00. The molecule has 0 saturated heterocycles. The summed E-state index contributed by atoms with van der Waals surface area (Å²) in [6, 6.07) is 0. The van der Waals surface area contributed by atoms with Gasteiger partial charge in [-0.15, -0.1) is 0 Å². The molecule has 1 fully saturated rings. The molecule has 10 heavy (non-hydrogen) atoms. The second-order valence-corrected chi connectivity index (χ2v) is 3.17. The molecular formula is C7H15NO2. The zero-order chi connectivity index (χ0) is 7.61. The number of β-amino-alcohol motifs (C(OH)–C–C–N with tert-alkyl or cyclic N) is 1. The Morgan fingerprint density at radius 2 is 2.20 bits per heavy atom. The average molecular weight is 145 g/mol. The second kappa shape index (κ2) is 2.86. The van der Waals surface area contributed by atoms with Crippen molar-refractivity contribution >= 4 is 0 Å². The van der Waals surface area contributed by atoms with Crippen molar-refractivity contribution in [3.63, 3.8) is 0 Å². The van der Waals surface area contributed by atoms with Crippen molar-refractivity contribution in [2.75, 3.05) is 13.2 Å². The molecule has 1 rings (SSSR count). The maximum absolute atomic E-state index is 8.89. The molecule has 0 aromatic carbocycles. The summed E-state index contributed by atoms with van der Waals surface area (Å²) in [5, 5.41) is 20.8. The molecule has 1 unspecified atom stereocenters. The Hall–Kier alpha value is -0.120. The van der Waals surface area contributed by atoms with Crippen LogP contribution < -0.4 is 5.32 Å². The lowest BCUT2D eigenvalue weighted by Gasteiger charge is -2.14. The smallest absolute Gasteiger partial charge is 0.0636 e. The Morgan fingerprint density at radius 1 is 1.60 bits per heavy atom. The van der Waals surface area contributed by atoms with Gasteiger partial charge in [0.15, 0.2) is 0 Å². The normalized spacial score (nSPS) is 24.3. The van der Waals surface area contributed by atoms with Crippen LogP contribution in [0.4, 0.5) is 0 Å². The number of rotatable bonds is 4. The topological polar surface area (TPSA) is 52.5 Å². The monoisotopic (exact) mass is 145 g/mol. The molecular weight excluding hydrogens is 130 g/mol. The summed E-state index contributed by atoms with van der Waals surface area (Å²) < 4.78 is 0. The molecule has 3 N–H and O–H groups in total. The molecule has 0 spiro atoms. The van der Waals surface area contributed by atoms with Gasteiger partial charge in [-0.3, -0.25) is 0 Å². The summed E-state index contributed by atoms with van der Waals surface area (Å²) in [5.74, 6) is 0. The summed E-state index contributed by atoms with van der Waals surface area (Å²) in [5.41, 5.74) is -0.0308. The van der Waals surface area contributed by atoms with Crippen LogP contribution in [-0.4, -0.2) is 35.0 Å². The summed E-state index contributed by atoms with van der Waals surface area (Å²) in [6.07, 6.45) is 1.76. The van der Waals surface area contributed by atoms with Gasteiger partial charge in [-0.05, 0) is 19.8 Å². The van der Waals surface area contributed by atoms with Crippen LogP contribution in [0.15, 0.2) is 0 Å². The van der Waals surface area contributed by atoms with E-state index in [1.54, 1.807) is 6.92 Å². The average Bonchev–Trinajstić information content (AvgIpc) is 2.64. The fourth-order valence-electron chi connectivity index (χ4n) is 0.906. The highest BCUT2D eigenvalue weighted by Crippen LogP contribution is 2.34. The van der Waals surface area contributed by atoms with E-state index in [0.29, 0.717) is 6.54 Å². The van der Waals surface area contributed by atoms with Gasteiger partial charge < -0.3 is 15.5 Å². The minimum Gasteiger partial charge on any atom is -0.394 e. The summed E-state index contributed by atoms with van der Waals surface area (Å²) in [4.78, 5) is 0. The van der Waals surface area contributed by atoms with Crippen LogP contribution in [0.1, 0.15) is 19.8 Å². The molecule has 0 aromatic rings. The maximum Gasteiger partial charge on any atom is 0.0636 e.